The number of Topliss-reactive ketones (excluding diaryl/α,β-unsaturated/α-hetero) is 1. The van der Waals surface area contributed by atoms with Gasteiger partial charge in [0, 0.05) is 23.3 Å². The first-order valence-electron chi connectivity index (χ1n) is 9.34. The van der Waals surface area contributed by atoms with E-state index in [1.54, 1.807) is 36.4 Å². The van der Waals surface area contributed by atoms with Crippen molar-refractivity contribution in [1.82, 2.24) is 0 Å². The van der Waals surface area contributed by atoms with Crippen LogP contribution in [-0.4, -0.2) is 21.8 Å². The smallest absolute Gasteiger partial charge is 0.335 e. The zero-order valence-electron chi connectivity index (χ0n) is 16.6. The highest BCUT2D eigenvalue weighted by atomic mass is 16.6. The van der Waals surface area contributed by atoms with Crippen LogP contribution in [0.5, 0.6) is 5.75 Å². The molecule has 0 spiro atoms. The number of hydrogen-bond donors (Lipinski definition) is 1. The SMILES string of the molecule is N#CC(=Cc1ccccc1OCc1ccc(C(=O)O)cc1)C(=O)c1cccc([N+](=O)[O-])c1. The first-order chi connectivity index (χ1) is 15.4. The number of benzene rings is 3. The highest BCUT2D eigenvalue weighted by Gasteiger charge is 2.16. The van der Waals surface area contributed by atoms with E-state index in [0.29, 0.717) is 11.3 Å². The summed E-state index contributed by atoms with van der Waals surface area (Å²) in [6.07, 6.45) is 1.37. The molecule has 0 fully saturated rings. The van der Waals surface area contributed by atoms with Crippen molar-refractivity contribution in [1.29, 1.82) is 5.26 Å². The van der Waals surface area contributed by atoms with Crippen molar-refractivity contribution in [3.63, 3.8) is 0 Å². The lowest BCUT2D eigenvalue weighted by molar-refractivity contribution is -0.384. The van der Waals surface area contributed by atoms with E-state index in [1.807, 2.05) is 6.07 Å². The number of carbonyl (C=O) groups is 2. The number of aromatic carboxylic acids is 1. The number of nitro benzene ring substituents is 1. The number of nitro groups is 1. The fraction of sp³-hybridized carbons (Fsp3) is 0.0417. The quantitative estimate of drug-likeness (QED) is 0.181. The molecule has 8 nitrogen and oxygen atoms in total. The van der Waals surface area contributed by atoms with Gasteiger partial charge >= 0.3 is 5.97 Å². The standard InChI is InChI=1S/C24H16N2O6/c25-14-20(23(27)19-5-3-6-21(13-19)26(30)31)12-18-4-1-2-7-22(18)32-15-16-8-10-17(11-9-16)24(28)29/h1-13H,15H2,(H,28,29). The van der Waals surface area contributed by atoms with Gasteiger partial charge in [0.15, 0.2) is 0 Å². The summed E-state index contributed by atoms with van der Waals surface area (Å²) in [5.74, 6) is -1.25. The van der Waals surface area contributed by atoms with Crippen LogP contribution in [0.1, 0.15) is 31.8 Å². The number of ether oxygens (including phenoxy) is 1. The van der Waals surface area contributed by atoms with E-state index in [-0.39, 0.29) is 29.0 Å². The largest absolute Gasteiger partial charge is 0.488 e. The van der Waals surface area contributed by atoms with Crippen molar-refractivity contribution in [3.8, 4) is 11.8 Å². The number of carboxylic acid groups (broad SMARTS) is 1. The third kappa shape index (κ3) is 5.23. The normalized spacial score (nSPS) is 10.8. The van der Waals surface area contributed by atoms with Crippen LogP contribution < -0.4 is 4.74 Å². The lowest BCUT2D eigenvalue weighted by Crippen LogP contribution is -2.03. The monoisotopic (exact) mass is 428 g/mol. The molecule has 0 aliphatic heterocycles. The van der Waals surface area contributed by atoms with Gasteiger partial charge in [-0.3, -0.25) is 14.9 Å². The molecular weight excluding hydrogens is 412 g/mol. The summed E-state index contributed by atoms with van der Waals surface area (Å²) >= 11 is 0. The van der Waals surface area contributed by atoms with Crippen molar-refractivity contribution in [2.45, 2.75) is 6.61 Å². The molecule has 0 unspecified atom stereocenters. The maximum Gasteiger partial charge on any atom is 0.335 e. The molecule has 3 aromatic rings. The predicted molar refractivity (Wildman–Crippen MR) is 115 cm³/mol. The van der Waals surface area contributed by atoms with E-state index < -0.39 is 16.7 Å². The van der Waals surface area contributed by atoms with Crippen LogP contribution in [0.3, 0.4) is 0 Å². The fourth-order valence-electron chi connectivity index (χ4n) is 2.86. The third-order valence-electron chi connectivity index (χ3n) is 4.50. The van der Waals surface area contributed by atoms with Crippen molar-refractivity contribution in [2.24, 2.45) is 0 Å². The number of nitrogens with zero attached hydrogens (tertiary/aromatic N) is 2. The second-order valence-corrected chi connectivity index (χ2v) is 6.63. The molecule has 0 bridgehead atoms. The molecule has 1 N–H and O–H groups in total. The molecule has 158 valence electrons. The lowest BCUT2D eigenvalue weighted by atomic mass is 10.0. The topological polar surface area (TPSA) is 131 Å². The van der Waals surface area contributed by atoms with Gasteiger partial charge in [-0.25, -0.2) is 4.79 Å². The number of non-ortho nitro benzene ring substituents is 1. The number of nitriles is 1. The van der Waals surface area contributed by atoms with E-state index in [4.69, 9.17) is 9.84 Å². The molecule has 0 aromatic heterocycles. The minimum Gasteiger partial charge on any atom is -0.488 e. The predicted octanol–water partition coefficient (Wildman–Crippen LogP) is 4.66. The summed E-state index contributed by atoms with van der Waals surface area (Å²) in [5, 5.41) is 29.4. The van der Waals surface area contributed by atoms with Crippen molar-refractivity contribution in [2.75, 3.05) is 0 Å². The summed E-state index contributed by atoms with van der Waals surface area (Å²) in [7, 11) is 0. The second-order valence-electron chi connectivity index (χ2n) is 6.63. The van der Waals surface area contributed by atoms with Crippen molar-refractivity contribution < 1.29 is 24.4 Å². The van der Waals surface area contributed by atoms with Gasteiger partial charge in [0.2, 0.25) is 5.78 Å². The van der Waals surface area contributed by atoms with Crippen molar-refractivity contribution >= 4 is 23.5 Å². The summed E-state index contributed by atoms with van der Waals surface area (Å²) in [5.41, 5.74) is 0.962. The van der Waals surface area contributed by atoms with Gasteiger partial charge < -0.3 is 9.84 Å². The van der Waals surface area contributed by atoms with E-state index in [9.17, 15) is 25.0 Å². The van der Waals surface area contributed by atoms with Crippen LogP contribution in [0.2, 0.25) is 0 Å². The van der Waals surface area contributed by atoms with Crippen LogP contribution >= 0.6 is 0 Å². The molecule has 0 saturated heterocycles. The minimum absolute atomic E-state index is 0.0314. The molecule has 0 heterocycles. The molecule has 8 heteroatoms. The molecule has 3 aromatic carbocycles. The fourth-order valence-corrected chi connectivity index (χ4v) is 2.86. The number of allylic oxidation sites excluding steroid dienone is 1. The third-order valence-corrected chi connectivity index (χ3v) is 4.50. The Hall–Kier alpha value is -4.77. The maximum atomic E-state index is 12.7. The van der Waals surface area contributed by atoms with Gasteiger partial charge in [0.05, 0.1) is 10.5 Å². The van der Waals surface area contributed by atoms with Crippen LogP contribution in [0.15, 0.2) is 78.4 Å². The Morgan fingerprint density at radius 3 is 2.41 bits per heavy atom. The molecule has 32 heavy (non-hydrogen) atoms. The van der Waals surface area contributed by atoms with E-state index in [1.165, 1.54) is 36.4 Å². The Morgan fingerprint density at radius 1 is 1.03 bits per heavy atom. The van der Waals surface area contributed by atoms with Crippen molar-refractivity contribution in [3.05, 3.63) is 111 Å². The maximum absolute atomic E-state index is 12.7. The number of rotatable bonds is 8. The minimum atomic E-state index is -1.02. The molecule has 0 radical (unpaired) electrons. The van der Waals surface area contributed by atoms with Gasteiger partial charge in [0.25, 0.3) is 5.69 Å². The summed E-state index contributed by atoms with van der Waals surface area (Å²) in [6, 6.07) is 20.0. The Labute approximate surface area is 182 Å². The Morgan fingerprint density at radius 2 is 1.75 bits per heavy atom. The van der Waals surface area contributed by atoms with Gasteiger partial charge in [-0.15, -0.1) is 0 Å². The van der Waals surface area contributed by atoms with E-state index in [2.05, 4.69) is 0 Å². The number of para-hydroxylation sites is 1. The average molecular weight is 428 g/mol. The highest BCUT2D eigenvalue weighted by molar-refractivity contribution is 6.14. The zero-order chi connectivity index (χ0) is 23.1. The summed E-state index contributed by atoms with van der Waals surface area (Å²) in [6.45, 7) is 0.144. The van der Waals surface area contributed by atoms with Crippen LogP contribution in [0.25, 0.3) is 6.08 Å². The number of hydrogen-bond acceptors (Lipinski definition) is 6. The second kappa shape index (κ2) is 9.82. The summed E-state index contributed by atoms with van der Waals surface area (Å²) < 4.78 is 5.80. The highest BCUT2D eigenvalue weighted by Crippen LogP contribution is 2.24. The van der Waals surface area contributed by atoms with Gasteiger partial charge in [-0.2, -0.15) is 5.26 Å². The van der Waals surface area contributed by atoms with Gasteiger partial charge in [-0.1, -0.05) is 42.5 Å². The van der Waals surface area contributed by atoms with Gasteiger partial charge in [0.1, 0.15) is 24.0 Å². The molecule has 0 aliphatic rings. The molecule has 0 saturated carbocycles. The van der Waals surface area contributed by atoms with Crippen LogP contribution in [0, 0.1) is 21.4 Å². The Bertz CT molecular complexity index is 1260. The van der Waals surface area contributed by atoms with E-state index >= 15 is 0 Å². The first kappa shape index (κ1) is 21.9. The molecule has 0 atom stereocenters. The molecule has 0 amide bonds. The Kier molecular flexibility index (Phi) is 6.73. The van der Waals surface area contributed by atoms with Crippen LogP contribution in [0.4, 0.5) is 5.69 Å². The number of carboxylic acids is 1. The van der Waals surface area contributed by atoms with Gasteiger partial charge in [-0.05, 0) is 29.8 Å². The zero-order valence-corrected chi connectivity index (χ0v) is 16.6. The Balaban J connectivity index is 1.83. The molecule has 3 rings (SSSR count). The van der Waals surface area contributed by atoms with E-state index in [0.717, 1.165) is 11.6 Å². The number of ketones is 1. The first-order valence-corrected chi connectivity index (χ1v) is 9.34. The molecule has 0 aliphatic carbocycles. The van der Waals surface area contributed by atoms with Crippen LogP contribution in [-0.2, 0) is 6.61 Å². The lowest BCUT2D eigenvalue weighted by Gasteiger charge is -2.10. The average Bonchev–Trinajstić information content (AvgIpc) is 2.81. The number of carbonyl (C=O) groups excluding carboxylic acids is 1. The molecular formula is C24H16N2O6. The summed E-state index contributed by atoms with van der Waals surface area (Å²) in [4.78, 5) is 34.0.